The first kappa shape index (κ1) is 17.7. The van der Waals surface area contributed by atoms with E-state index in [1.54, 1.807) is 30.3 Å². The van der Waals surface area contributed by atoms with E-state index in [0.29, 0.717) is 21.9 Å². The van der Waals surface area contributed by atoms with E-state index in [2.05, 4.69) is 4.90 Å². The van der Waals surface area contributed by atoms with Gasteiger partial charge in [0.05, 0.1) is 9.79 Å². The molecule has 2 aromatic rings. The normalized spacial score (nSPS) is 22.1. The largest absolute Gasteiger partial charge is 0.328 e. The number of hydrogen-bond acceptors (Lipinski definition) is 4. The minimum atomic E-state index is -3.45. The van der Waals surface area contributed by atoms with Gasteiger partial charge in [-0.05, 0) is 67.5 Å². The Balaban J connectivity index is 1.65. The van der Waals surface area contributed by atoms with Crippen LogP contribution in [-0.2, 0) is 16.3 Å². The van der Waals surface area contributed by atoms with E-state index in [4.69, 9.17) is 5.73 Å². The van der Waals surface area contributed by atoms with Crippen molar-refractivity contribution in [2.75, 3.05) is 13.1 Å². The predicted octanol–water partition coefficient (Wildman–Crippen LogP) is 3.32. The third-order valence-corrected chi connectivity index (χ3v) is 7.54. The predicted molar refractivity (Wildman–Crippen MR) is 103 cm³/mol. The van der Waals surface area contributed by atoms with E-state index >= 15 is 0 Å². The van der Waals surface area contributed by atoms with Crippen LogP contribution in [-0.4, -0.2) is 32.4 Å². The molecular formula is C21H26N2O2S. The maximum Gasteiger partial charge on any atom is 0.206 e. The lowest BCUT2D eigenvalue weighted by Gasteiger charge is -2.39. The first-order valence-corrected chi connectivity index (χ1v) is 11.0. The number of sulfone groups is 1. The number of likely N-dealkylation sites (tertiary alicyclic amines) is 1. The fraction of sp³-hybridized carbons (Fsp3) is 0.429. The molecule has 2 N–H and O–H groups in total. The second-order valence-electron chi connectivity index (χ2n) is 7.46. The molecule has 1 atom stereocenters. The Morgan fingerprint density at radius 2 is 1.65 bits per heavy atom. The quantitative estimate of drug-likeness (QED) is 0.900. The van der Waals surface area contributed by atoms with Crippen molar-refractivity contribution in [3.05, 3.63) is 59.7 Å². The zero-order chi connectivity index (χ0) is 18.1. The van der Waals surface area contributed by atoms with Crippen LogP contribution in [0.25, 0.3) is 0 Å². The van der Waals surface area contributed by atoms with Crippen LogP contribution in [0.5, 0.6) is 0 Å². The summed E-state index contributed by atoms with van der Waals surface area (Å²) in [4.78, 5) is 3.30. The SMILES string of the molecule is NC1CCN(C2CCCc3cc(S(=O)(=O)c4ccccc4)ccc32)CC1. The topological polar surface area (TPSA) is 63.4 Å². The molecule has 1 aliphatic carbocycles. The molecule has 1 heterocycles. The molecule has 1 fully saturated rings. The van der Waals surface area contributed by atoms with E-state index < -0.39 is 9.84 Å². The molecule has 4 nitrogen and oxygen atoms in total. The van der Waals surface area contributed by atoms with Crippen LogP contribution in [0.1, 0.15) is 42.9 Å². The molecule has 0 amide bonds. The number of nitrogens with zero attached hydrogens (tertiary/aromatic N) is 1. The van der Waals surface area contributed by atoms with Crippen LogP contribution in [0.4, 0.5) is 0 Å². The minimum absolute atomic E-state index is 0.327. The Morgan fingerprint density at radius 1 is 0.923 bits per heavy atom. The highest BCUT2D eigenvalue weighted by Crippen LogP contribution is 2.37. The molecule has 1 saturated heterocycles. The zero-order valence-corrected chi connectivity index (χ0v) is 15.8. The van der Waals surface area contributed by atoms with E-state index in [1.165, 1.54) is 11.1 Å². The summed E-state index contributed by atoms with van der Waals surface area (Å²) in [5.74, 6) is 0. The van der Waals surface area contributed by atoms with Gasteiger partial charge < -0.3 is 5.73 Å². The molecule has 138 valence electrons. The van der Waals surface area contributed by atoms with Gasteiger partial charge in [0.15, 0.2) is 0 Å². The second-order valence-corrected chi connectivity index (χ2v) is 9.41. The van der Waals surface area contributed by atoms with Gasteiger partial charge in [0.1, 0.15) is 0 Å². The Kier molecular flexibility index (Phi) is 4.86. The maximum absolute atomic E-state index is 12.9. The highest BCUT2D eigenvalue weighted by molar-refractivity contribution is 7.91. The van der Waals surface area contributed by atoms with Crippen LogP contribution >= 0.6 is 0 Å². The lowest BCUT2D eigenvalue weighted by atomic mass is 9.86. The average Bonchev–Trinajstić information content (AvgIpc) is 2.68. The monoisotopic (exact) mass is 370 g/mol. The molecule has 0 saturated carbocycles. The van der Waals surface area contributed by atoms with Gasteiger partial charge in [-0.25, -0.2) is 8.42 Å². The van der Waals surface area contributed by atoms with Crippen LogP contribution in [0.2, 0.25) is 0 Å². The number of nitrogens with two attached hydrogens (primary N) is 1. The summed E-state index contributed by atoms with van der Waals surface area (Å²) in [5, 5.41) is 0. The van der Waals surface area contributed by atoms with Gasteiger partial charge in [-0.2, -0.15) is 0 Å². The van der Waals surface area contributed by atoms with Gasteiger partial charge >= 0.3 is 0 Å². The van der Waals surface area contributed by atoms with Crippen LogP contribution in [0.15, 0.2) is 58.3 Å². The van der Waals surface area contributed by atoms with Gasteiger partial charge in [0, 0.05) is 25.2 Å². The summed E-state index contributed by atoms with van der Waals surface area (Å²) in [6.45, 7) is 2.07. The van der Waals surface area contributed by atoms with Gasteiger partial charge in [-0.1, -0.05) is 24.3 Å². The van der Waals surface area contributed by atoms with Crippen molar-refractivity contribution in [3.63, 3.8) is 0 Å². The molecular weight excluding hydrogens is 344 g/mol. The van der Waals surface area contributed by atoms with Crippen molar-refractivity contribution < 1.29 is 8.42 Å². The number of piperidine rings is 1. The number of benzene rings is 2. The Hall–Kier alpha value is -1.69. The van der Waals surface area contributed by atoms with Gasteiger partial charge in [-0.3, -0.25) is 4.90 Å². The fourth-order valence-corrected chi connectivity index (χ4v) is 5.61. The average molecular weight is 371 g/mol. The van der Waals surface area contributed by atoms with E-state index in [-0.39, 0.29) is 0 Å². The van der Waals surface area contributed by atoms with Crippen molar-refractivity contribution >= 4 is 9.84 Å². The molecule has 2 aromatic carbocycles. The van der Waals surface area contributed by atoms with E-state index in [9.17, 15) is 8.42 Å². The molecule has 5 heteroatoms. The third-order valence-electron chi connectivity index (χ3n) is 5.78. The Labute approximate surface area is 155 Å². The molecule has 1 aliphatic heterocycles. The summed E-state index contributed by atoms with van der Waals surface area (Å²) in [7, 11) is -3.45. The molecule has 26 heavy (non-hydrogen) atoms. The fourth-order valence-electron chi connectivity index (χ4n) is 4.28. The molecule has 0 spiro atoms. The van der Waals surface area contributed by atoms with Crippen molar-refractivity contribution in [3.8, 4) is 0 Å². The Morgan fingerprint density at radius 3 is 2.38 bits per heavy atom. The Bertz CT molecular complexity index is 872. The third kappa shape index (κ3) is 3.31. The van der Waals surface area contributed by atoms with E-state index in [0.717, 1.165) is 45.2 Å². The van der Waals surface area contributed by atoms with Crippen LogP contribution < -0.4 is 5.73 Å². The first-order valence-electron chi connectivity index (χ1n) is 9.48. The molecule has 0 aromatic heterocycles. The highest BCUT2D eigenvalue weighted by Gasteiger charge is 2.29. The summed E-state index contributed by atoms with van der Waals surface area (Å²) < 4.78 is 25.8. The van der Waals surface area contributed by atoms with Crippen molar-refractivity contribution in [1.82, 2.24) is 4.90 Å². The molecule has 2 aliphatic rings. The number of aryl methyl sites for hydroxylation is 1. The first-order chi connectivity index (χ1) is 12.6. The number of fused-ring (bicyclic) bond motifs is 1. The van der Waals surface area contributed by atoms with Crippen molar-refractivity contribution in [1.29, 1.82) is 0 Å². The van der Waals surface area contributed by atoms with Crippen molar-refractivity contribution in [2.24, 2.45) is 5.73 Å². The molecule has 0 radical (unpaired) electrons. The van der Waals surface area contributed by atoms with Crippen LogP contribution in [0.3, 0.4) is 0 Å². The molecule has 0 bridgehead atoms. The van der Waals surface area contributed by atoms with Crippen molar-refractivity contribution in [2.45, 2.75) is 54.0 Å². The molecule has 1 unspecified atom stereocenters. The lowest BCUT2D eigenvalue weighted by Crippen LogP contribution is -2.42. The van der Waals surface area contributed by atoms with Gasteiger partial charge in [-0.15, -0.1) is 0 Å². The standard InChI is InChI=1S/C21H26N2O2S/c22-17-11-13-23(14-12-17)21-8-4-5-16-15-19(9-10-20(16)21)26(24,25)18-6-2-1-3-7-18/h1-3,6-7,9-10,15,17,21H,4-5,8,11-14,22H2. The maximum atomic E-state index is 12.9. The number of hydrogen-bond donors (Lipinski definition) is 1. The highest BCUT2D eigenvalue weighted by atomic mass is 32.2. The molecule has 4 rings (SSSR count). The second kappa shape index (κ2) is 7.14. The lowest BCUT2D eigenvalue weighted by molar-refractivity contribution is 0.139. The summed E-state index contributed by atoms with van der Waals surface area (Å²) in [6, 6.07) is 15.2. The van der Waals surface area contributed by atoms with Gasteiger partial charge in [0.2, 0.25) is 9.84 Å². The minimum Gasteiger partial charge on any atom is -0.328 e. The van der Waals surface area contributed by atoms with E-state index in [1.807, 2.05) is 18.2 Å². The smallest absolute Gasteiger partial charge is 0.206 e. The summed E-state index contributed by atoms with van der Waals surface area (Å²) in [5.41, 5.74) is 8.54. The summed E-state index contributed by atoms with van der Waals surface area (Å²) in [6.07, 6.45) is 5.30. The van der Waals surface area contributed by atoms with Gasteiger partial charge in [0.25, 0.3) is 0 Å². The zero-order valence-electron chi connectivity index (χ0n) is 15.0. The number of rotatable bonds is 3. The van der Waals surface area contributed by atoms with Crippen LogP contribution in [0, 0.1) is 0 Å². The summed E-state index contributed by atoms with van der Waals surface area (Å²) >= 11 is 0.